The van der Waals surface area contributed by atoms with Crippen LogP contribution >= 0.6 is 15.9 Å². The number of nitrogens with one attached hydrogen (secondary N) is 1. The number of hydrogen-bond donors (Lipinski definition) is 1. The topological polar surface area (TPSA) is 29.1 Å². The van der Waals surface area contributed by atoms with Crippen molar-refractivity contribution in [2.75, 3.05) is 11.9 Å². The number of hydrogen-bond acceptors (Lipinski definition) is 1. The Morgan fingerprint density at radius 3 is 2.05 bits per heavy atom. The van der Waals surface area contributed by atoms with E-state index in [1.165, 1.54) is 64.2 Å². The Labute approximate surface area is 133 Å². The molecule has 1 N–H and O–H groups in total. The monoisotopic (exact) mass is 345 g/mol. The highest BCUT2D eigenvalue weighted by Crippen LogP contribution is 2.46. The van der Waals surface area contributed by atoms with Crippen molar-refractivity contribution >= 4 is 21.8 Å². The van der Waals surface area contributed by atoms with Crippen molar-refractivity contribution < 1.29 is 4.79 Å². The quantitative estimate of drug-likeness (QED) is 0.360. The van der Waals surface area contributed by atoms with Crippen molar-refractivity contribution in [2.45, 2.75) is 84.0 Å². The fourth-order valence-electron chi connectivity index (χ4n) is 2.51. The van der Waals surface area contributed by atoms with E-state index in [9.17, 15) is 4.79 Å². The Balaban J connectivity index is 1.82. The van der Waals surface area contributed by atoms with E-state index in [4.69, 9.17) is 0 Å². The molecule has 1 amide bonds. The van der Waals surface area contributed by atoms with Gasteiger partial charge in [-0.25, -0.2) is 0 Å². The molecule has 0 radical (unpaired) electrons. The molecule has 0 bridgehead atoms. The molecule has 118 valence electrons. The van der Waals surface area contributed by atoms with Crippen LogP contribution in [0.25, 0.3) is 0 Å². The molecule has 1 saturated carbocycles. The summed E-state index contributed by atoms with van der Waals surface area (Å²) in [5.74, 6) is 0.250. The van der Waals surface area contributed by atoms with Crippen molar-refractivity contribution in [1.82, 2.24) is 5.32 Å². The lowest BCUT2D eigenvalue weighted by Gasteiger charge is -2.12. The number of amides is 1. The SMILES string of the molecule is CCCCCCCCCCCC(=O)NCC1(CBr)CC1. The van der Waals surface area contributed by atoms with Gasteiger partial charge < -0.3 is 5.32 Å². The molecule has 1 aliphatic carbocycles. The van der Waals surface area contributed by atoms with Crippen LogP contribution in [0.1, 0.15) is 84.0 Å². The van der Waals surface area contributed by atoms with E-state index >= 15 is 0 Å². The third-order valence-corrected chi connectivity index (χ3v) is 5.60. The zero-order valence-corrected chi connectivity index (χ0v) is 14.8. The molecule has 0 aromatic carbocycles. The van der Waals surface area contributed by atoms with Crippen molar-refractivity contribution in [1.29, 1.82) is 0 Å². The summed E-state index contributed by atoms with van der Waals surface area (Å²) < 4.78 is 0. The first kappa shape index (κ1) is 18.0. The van der Waals surface area contributed by atoms with Crippen LogP contribution in [0.4, 0.5) is 0 Å². The molecule has 0 atom stereocenters. The van der Waals surface area contributed by atoms with Gasteiger partial charge in [-0.2, -0.15) is 0 Å². The molecule has 1 fully saturated rings. The predicted octanol–water partition coefficient (Wildman–Crippen LogP) is 5.20. The van der Waals surface area contributed by atoms with Gasteiger partial charge in [-0.05, 0) is 24.7 Å². The van der Waals surface area contributed by atoms with Crippen LogP contribution in [0.5, 0.6) is 0 Å². The predicted molar refractivity (Wildman–Crippen MR) is 90.3 cm³/mol. The van der Waals surface area contributed by atoms with Gasteiger partial charge in [-0.15, -0.1) is 0 Å². The minimum absolute atomic E-state index is 0.250. The molecular formula is C17H32BrNO. The Kier molecular flexibility index (Phi) is 9.58. The minimum Gasteiger partial charge on any atom is -0.356 e. The first-order valence-electron chi connectivity index (χ1n) is 8.55. The zero-order valence-electron chi connectivity index (χ0n) is 13.2. The third-order valence-electron chi connectivity index (χ3n) is 4.41. The van der Waals surface area contributed by atoms with Crippen LogP contribution < -0.4 is 5.32 Å². The van der Waals surface area contributed by atoms with Crippen molar-refractivity contribution in [2.24, 2.45) is 5.41 Å². The lowest BCUT2D eigenvalue weighted by molar-refractivity contribution is -0.121. The van der Waals surface area contributed by atoms with Crippen LogP contribution in [-0.2, 0) is 4.79 Å². The van der Waals surface area contributed by atoms with Crippen molar-refractivity contribution in [3.63, 3.8) is 0 Å². The maximum atomic E-state index is 11.7. The number of halogens is 1. The second-order valence-electron chi connectivity index (χ2n) is 6.49. The van der Waals surface area contributed by atoms with Gasteiger partial charge >= 0.3 is 0 Å². The Morgan fingerprint density at radius 1 is 1.00 bits per heavy atom. The van der Waals surface area contributed by atoms with Gasteiger partial charge in [-0.1, -0.05) is 74.2 Å². The molecule has 0 unspecified atom stereocenters. The summed E-state index contributed by atoms with van der Waals surface area (Å²) in [6.45, 7) is 3.13. The molecule has 0 aliphatic heterocycles. The van der Waals surface area contributed by atoms with Crippen LogP contribution in [-0.4, -0.2) is 17.8 Å². The van der Waals surface area contributed by atoms with E-state index < -0.39 is 0 Å². The average Bonchev–Trinajstić information content (AvgIpc) is 3.24. The molecule has 3 heteroatoms. The summed E-state index contributed by atoms with van der Waals surface area (Å²) in [4.78, 5) is 11.7. The summed E-state index contributed by atoms with van der Waals surface area (Å²) in [5, 5.41) is 4.12. The van der Waals surface area contributed by atoms with Gasteiger partial charge in [0.25, 0.3) is 0 Å². The highest BCUT2D eigenvalue weighted by atomic mass is 79.9. The van der Waals surface area contributed by atoms with E-state index in [-0.39, 0.29) is 5.91 Å². The summed E-state index contributed by atoms with van der Waals surface area (Å²) in [5.41, 5.74) is 0.397. The first-order chi connectivity index (χ1) is 9.72. The highest BCUT2D eigenvalue weighted by molar-refractivity contribution is 9.09. The fraction of sp³-hybridized carbons (Fsp3) is 0.941. The molecule has 1 rings (SSSR count). The zero-order chi connectivity index (χ0) is 14.7. The van der Waals surface area contributed by atoms with Crippen LogP contribution in [0.15, 0.2) is 0 Å². The van der Waals surface area contributed by atoms with Gasteiger partial charge in [0.1, 0.15) is 0 Å². The molecule has 0 saturated heterocycles. The second-order valence-corrected chi connectivity index (χ2v) is 7.05. The van der Waals surface area contributed by atoms with E-state index in [1.54, 1.807) is 0 Å². The number of rotatable bonds is 13. The standard InChI is InChI=1S/C17H32BrNO/c1-2-3-4-5-6-7-8-9-10-11-16(20)19-15-17(14-18)12-13-17/h2-15H2,1H3,(H,19,20). The van der Waals surface area contributed by atoms with Crippen LogP contribution in [0, 0.1) is 5.41 Å². The number of alkyl halides is 1. The Hall–Kier alpha value is -0.0500. The summed E-state index contributed by atoms with van der Waals surface area (Å²) >= 11 is 3.54. The molecule has 1 aliphatic rings. The fourth-order valence-corrected chi connectivity index (χ4v) is 3.26. The smallest absolute Gasteiger partial charge is 0.220 e. The lowest BCUT2D eigenvalue weighted by atomic mass is 10.1. The summed E-state index contributed by atoms with van der Waals surface area (Å²) in [6, 6.07) is 0. The molecule has 2 nitrogen and oxygen atoms in total. The molecule has 20 heavy (non-hydrogen) atoms. The molecular weight excluding hydrogens is 314 g/mol. The van der Waals surface area contributed by atoms with Crippen LogP contribution in [0.2, 0.25) is 0 Å². The second kappa shape index (κ2) is 10.6. The van der Waals surface area contributed by atoms with Crippen molar-refractivity contribution in [3.8, 4) is 0 Å². The first-order valence-corrected chi connectivity index (χ1v) is 9.67. The lowest BCUT2D eigenvalue weighted by Crippen LogP contribution is -2.30. The molecule has 0 aromatic heterocycles. The third kappa shape index (κ3) is 8.28. The van der Waals surface area contributed by atoms with E-state index in [0.29, 0.717) is 11.8 Å². The van der Waals surface area contributed by atoms with Gasteiger partial charge in [0.05, 0.1) is 0 Å². The molecule has 0 spiro atoms. The normalized spacial score (nSPS) is 16.1. The Bertz CT molecular complexity index is 264. The summed E-state index contributed by atoms with van der Waals surface area (Å²) in [6.07, 6.45) is 15.0. The maximum Gasteiger partial charge on any atom is 0.220 e. The van der Waals surface area contributed by atoms with E-state index in [1.807, 2.05) is 0 Å². The maximum absolute atomic E-state index is 11.7. The Morgan fingerprint density at radius 2 is 1.55 bits per heavy atom. The van der Waals surface area contributed by atoms with Crippen LogP contribution in [0.3, 0.4) is 0 Å². The van der Waals surface area contributed by atoms with E-state index in [0.717, 1.165) is 18.3 Å². The average molecular weight is 346 g/mol. The van der Waals surface area contributed by atoms with E-state index in [2.05, 4.69) is 28.2 Å². The summed E-state index contributed by atoms with van der Waals surface area (Å²) in [7, 11) is 0. The van der Waals surface area contributed by atoms with Gasteiger partial charge in [-0.3, -0.25) is 4.79 Å². The number of carbonyl (C=O) groups excluding carboxylic acids is 1. The van der Waals surface area contributed by atoms with Crippen molar-refractivity contribution in [3.05, 3.63) is 0 Å². The molecule has 0 aromatic rings. The minimum atomic E-state index is 0.250. The number of unbranched alkanes of at least 4 members (excludes halogenated alkanes) is 8. The van der Waals surface area contributed by atoms with Gasteiger partial charge in [0, 0.05) is 18.3 Å². The largest absolute Gasteiger partial charge is 0.356 e. The number of carbonyl (C=O) groups is 1. The molecule has 0 heterocycles. The highest BCUT2D eigenvalue weighted by Gasteiger charge is 2.41. The van der Waals surface area contributed by atoms with Gasteiger partial charge in [0.2, 0.25) is 5.91 Å². The van der Waals surface area contributed by atoms with Gasteiger partial charge in [0.15, 0.2) is 0 Å².